The van der Waals surface area contributed by atoms with Crippen molar-refractivity contribution in [2.75, 3.05) is 86.9 Å². The molecule has 20 rings (SSSR count). The third-order valence-corrected chi connectivity index (χ3v) is 41.6. The molecule has 45 heteroatoms. The first-order chi connectivity index (χ1) is 68.7. The second-order valence-electron chi connectivity index (χ2n) is 37.3. The first kappa shape index (κ1) is 106. The quantitative estimate of drug-likeness (QED) is 0.0529. The molecule has 758 valence electrons. The molecule has 3 atom stereocenters. The fourth-order valence-corrected chi connectivity index (χ4v) is 30.8. The van der Waals surface area contributed by atoms with Gasteiger partial charge in [0.2, 0.25) is 58.1 Å². The van der Waals surface area contributed by atoms with Crippen molar-refractivity contribution >= 4 is 206 Å². The molecule has 0 spiro atoms. The molecule has 5 N–H and O–H groups in total. The number of aryl methyl sites for hydroxylation is 5. The predicted octanol–water partition coefficient (Wildman–Crippen LogP) is 14.4. The number of sulfone groups is 3. The number of hydrogen-bond donors (Lipinski definition) is 5. The van der Waals surface area contributed by atoms with Gasteiger partial charge in [0.15, 0.2) is 23.3 Å². The number of piperidine rings is 1. The number of aliphatic imine (C=N–C) groups is 4. The van der Waals surface area contributed by atoms with Crippen molar-refractivity contribution in [1.29, 1.82) is 16.2 Å². The molecule has 0 bridgehead atoms. The Labute approximate surface area is 863 Å². The minimum Gasteiger partial charge on any atom is -0.381 e. The summed E-state index contributed by atoms with van der Waals surface area (Å²) in [6.45, 7) is 28.1. The largest absolute Gasteiger partial charge is 0.381 e. The molecule has 2 saturated heterocycles. The Bertz CT molecular complexity index is 7720. The molecule has 145 heavy (non-hydrogen) atoms. The Morgan fingerprint density at radius 3 is 1.66 bits per heavy atom. The van der Waals surface area contributed by atoms with E-state index in [2.05, 4.69) is 135 Å². The average molecular weight is 2150 g/mol. The van der Waals surface area contributed by atoms with Crippen LogP contribution in [0, 0.1) is 61.7 Å². The molecule has 3 unspecified atom stereocenters. The number of nitrogens with one attached hydrogen (secondary N) is 5. The highest BCUT2D eigenvalue weighted by atomic mass is 32.3. The van der Waals surface area contributed by atoms with Crippen molar-refractivity contribution < 1.29 is 61.3 Å². The van der Waals surface area contributed by atoms with Crippen LogP contribution in [-0.2, 0) is 88.1 Å². The third-order valence-electron chi connectivity index (χ3n) is 25.2. The molecule has 35 nitrogen and oxygen atoms in total. The van der Waals surface area contributed by atoms with Gasteiger partial charge in [-0.25, -0.2) is 47.2 Å². The fraction of sp³-hybridized carbons (Fsp3) is 0.340. The van der Waals surface area contributed by atoms with Gasteiger partial charge >= 0.3 is 0 Å². The van der Waals surface area contributed by atoms with Crippen molar-refractivity contribution in [3.8, 4) is 10.6 Å². The number of dihydropyridines is 1. The lowest BCUT2D eigenvalue weighted by Crippen LogP contribution is -2.48. The number of aromatic amines is 1. The standard InChI is InChI=1S/C23H26N4O3S2.C21H22N4O3S2.C21H23N3O3S2.C20H23N5O3S2.C15H14N4O3S2/c28-22-7-5-20(24-25-22)21-6-8-23(31-21)32(29,30)27-13-9-17(10-14-27)15-26-12-11-18-3-1-2-4-19(18)16-26;1-11(2)10-30(27,28)21-24-25-18(22)17(19(26)23-20(25)29-21)9-15-13(4)8-14-6-5-12(3)7-16(14)15;1-15-3-4-16(2)19(13-15)23-9-11-24(12-10-23)29(26,27)21-8-7-20(28-21)18-6-5-17(25)14-22-18;1-10(2)9-30(27,28)20-24-25-17(21)15(18(26)23-19(25)29-20)8-14-12(4)22-16-7-11(3)5-6-13(14)16;1-3-9-4-6-10(7-5-9)8-11-12(16)19-14(17-13(11)20)23-15(18-19)24(2,21)22/h1-8,17H,9-16H2,(H,25,28);5-9,11,15,22H,10H2,1-4H3;3-8,13H,9-12,14H2,1-2H3;5-8,10,12,14,21-22H,9H2,1-4H3;4-8,16H,3H2,1-2H3/b;17-9-,22-18?;;15-8-,21-17?;11-8+,16-12?. The number of carbonyl (C=O) groups excluding carboxylic acids is 4. The number of amidine groups is 6. The van der Waals surface area contributed by atoms with Gasteiger partial charge < -0.3 is 10.2 Å². The Balaban J connectivity index is 0.000000130. The lowest BCUT2D eigenvalue weighted by atomic mass is 9.92. The highest BCUT2D eigenvalue weighted by molar-refractivity contribution is 8.43. The van der Waals surface area contributed by atoms with Crippen molar-refractivity contribution in [2.24, 2.45) is 53.0 Å². The maximum absolute atomic E-state index is 13.2. The van der Waals surface area contributed by atoms with Crippen molar-refractivity contribution in [1.82, 2.24) is 38.7 Å². The van der Waals surface area contributed by atoms with Crippen LogP contribution in [0.5, 0.6) is 0 Å². The van der Waals surface area contributed by atoms with Gasteiger partial charge in [0.1, 0.15) is 20.7 Å². The first-order valence-electron chi connectivity index (χ1n) is 46.8. The molecule has 8 aromatic rings. The summed E-state index contributed by atoms with van der Waals surface area (Å²) < 4.78 is 129. The number of hydrazone groups is 3. The van der Waals surface area contributed by atoms with E-state index in [9.17, 15) is 66.1 Å². The molecule has 2 fully saturated rings. The Morgan fingerprint density at radius 2 is 1.08 bits per heavy atom. The van der Waals surface area contributed by atoms with Crippen LogP contribution in [0.1, 0.15) is 139 Å². The van der Waals surface area contributed by atoms with Crippen LogP contribution in [0.2, 0.25) is 0 Å². The van der Waals surface area contributed by atoms with E-state index >= 15 is 0 Å². The lowest BCUT2D eigenvalue weighted by Gasteiger charge is -2.36. The van der Waals surface area contributed by atoms with Gasteiger partial charge in [-0.05, 0) is 237 Å². The average Bonchev–Trinajstić information content (AvgIpc) is 1.62. The van der Waals surface area contributed by atoms with Gasteiger partial charge in [0, 0.05) is 100 Å². The maximum atomic E-state index is 13.2. The number of thiophene rings is 2. The van der Waals surface area contributed by atoms with E-state index in [4.69, 9.17) is 16.2 Å². The van der Waals surface area contributed by atoms with Crippen LogP contribution in [0.3, 0.4) is 0 Å². The zero-order chi connectivity index (χ0) is 104. The number of ketones is 1. The molecular formula is C100H108N20O15S10. The second kappa shape index (κ2) is 43.7. The van der Waals surface area contributed by atoms with Crippen molar-refractivity contribution in [2.45, 2.75) is 135 Å². The molecule has 3 aromatic heterocycles. The van der Waals surface area contributed by atoms with Crippen LogP contribution in [0.15, 0.2) is 235 Å². The highest BCUT2D eigenvalue weighted by Gasteiger charge is 2.45. The van der Waals surface area contributed by atoms with Crippen LogP contribution in [-0.4, -0.2) is 239 Å². The number of allylic oxidation sites excluding steroid dienone is 3. The van der Waals surface area contributed by atoms with Crippen LogP contribution in [0.4, 0.5) is 11.4 Å². The maximum Gasteiger partial charge on any atom is 0.283 e. The zero-order valence-electron chi connectivity index (χ0n) is 81.4. The number of rotatable bonds is 17. The Kier molecular flexibility index (Phi) is 31.9. The van der Waals surface area contributed by atoms with Crippen molar-refractivity contribution in [3.63, 3.8) is 0 Å². The van der Waals surface area contributed by atoms with E-state index < -0.39 is 67.3 Å². The molecule has 0 radical (unpaired) electrons. The second-order valence-corrected chi connectivity index (χ2v) is 53.3. The van der Waals surface area contributed by atoms with E-state index in [-0.39, 0.29) is 122 Å². The number of fused-ring (bicyclic) bond motifs is 6. The molecule has 5 aromatic carbocycles. The van der Waals surface area contributed by atoms with Gasteiger partial charge in [0.05, 0.1) is 43.7 Å². The number of nitrogens with zero attached hydrogens (tertiary/aromatic N) is 15. The summed E-state index contributed by atoms with van der Waals surface area (Å²) in [6.07, 6.45) is 15.0. The Hall–Kier alpha value is -11.9. The normalized spacial score (nSPS) is 20.7. The summed E-state index contributed by atoms with van der Waals surface area (Å²) in [7, 11) is -17.8. The zero-order valence-corrected chi connectivity index (χ0v) is 89.6. The van der Waals surface area contributed by atoms with Crippen molar-refractivity contribution in [3.05, 3.63) is 263 Å². The highest BCUT2D eigenvalue weighted by Crippen LogP contribution is 2.44. The van der Waals surface area contributed by atoms with Gasteiger partial charge in [-0.15, -0.1) is 38.0 Å². The smallest absolute Gasteiger partial charge is 0.283 e. The summed E-state index contributed by atoms with van der Waals surface area (Å²) in [5, 5.41) is 50.8. The molecule has 12 aliphatic rings. The number of aromatic nitrogens is 2. The molecule has 14 heterocycles. The van der Waals surface area contributed by atoms with Gasteiger partial charge in [-0.3, -0.25) is 50.1 Å². The topological polar surface area (TPSA) is 478 Å². The molecule has 3 amide bonds. The van der Waals surface area contributed by atoms with Gasteiger partial charge in [-0.2, -0.15) is 43.7 Å². The molecular weight excluding hydrogens is 2040 g/mol. The van der Waals surface area contributed by atoms with Crippen LogP contribution >= 0.6 is 58.0 Å². The van der Waals surface area contributed by atoms with E-state index in [0.29, 0.717) is 65.0 Å². The van der Waals surface area contributed by atoms with Gasteiger partial charge in [0.25, 0.3) is 43.3 Å². The number of carbonyl (C=O) groups is 4. The van der Waals surface area contributed by atoms with E-state index in [1.54, 1.807) is 63.2 Å². The molecule has 11 aliphatic heterocycles. The minimum atomic E-state index is -3.60. The molecule has 0 saturated carbocycles. The van der Waals surface area contributed by atoms with Gasteiger partial charge in [-0.1, -0.05) is 155 Å². The SMILES string of the molecule is CC1=Cc2ccc(C)cc2C1/C=C1/C(=N)N2N=C(S(=O)(=O)CC(C)C)SC2=NC1=O.CCc1ccc(/C=C2\C(=N)N3N=C(S(C)(=O)=O)SC3=NC2=O)cc1.Cc1ccc(C)c(N2CCN(S(=O)(=O)c3ccc(C4=NCC(=O)C=C4)s3)CC2)c1.Cc1ccc2c(c1)NC(C)C2/C=C1/C(=N)N2N=C(S(=O)(=O)CC(C)C)SC2=NC1=O.O=c1ccc(-c2ccc(S(=O)(=O)N3CCC(CN4CCc5ccccc5C4)CC3)s2)n[nH]1. The predicted molar refractivity (Wildman–Crippen MR) is 580 cm³/mol. The minimum absolute atomic E-state index is 0.0405. The number of thioether (sulfide) groups is 3. The number of sulfonamides is 2. The molecule has 1 aliphatic carbocycles. The Morgan fingerprint density at radius 1 is 0.545 bits per heavy atom. The summed E-state index contributed by atoms with van der Waals surface area (Å²) in [6, 6.07) is 44.7. The van der Waals surface area contributed by atoms with Crippen LogP contribution < -0.4 is 15.8 Å². The number of benzene rings is 5. The fourth-order valence-electron chi connectivity index (χ4n) is 17.7. The lowest BCUT2D eigenvalue weighted by molar-refractivity contribution is -0.115. The third kappa shape index (κ3) is 24.0. The number of amides is 3. The first-order valence-corrected chi connectivity index (χ1v) is 59.0. The summed E-state index contributed by atoms with van der Waals surface area (Å²) >= 11 is 4.82. The monoisotopic (exact) mass is 2150 g/mol. The number of piperazine rings is 1. The number of hydrogen-bond acceptors (Lipinski definition) is 31. The van der Waals surface area contributed by atoms with E-state index in [0.717, 1.165) is 156 Å². The number of H-pyrrole nitrogens is 1. The summed E-state index contributed by atoms with van der Waals surface area (Å²) in [4.78, 5) is 82.4. The summed E-state index contributed by atoms with van der Waals surface area (Å²) in [5.41, 5.74) is 17.2. The van der Waals surface area contributed by atoms with Crippen LogP contribution in [0.25, 0.3) is 22.7 Å². The number of anilines is 2. The van der Waals surface area contributed by atoms with E-state index in [1.807, 2.05) is 111 Å². The summed E-state index contributed by atoms with van der Waals surface area (Å²) in [5.74, 6) is -2.16. The van der Waals surface area contributed by atoms with E-state index in [1.165, 1.54) is 68.3 Å².